The van der Waals surface area contributed by atoms with Gasteiger partial charge >= 0.3 is 5.97 Å². The van der Waals surface area contributed by atoms with Gasteiger partial charge in [-0.05, 0) is 49.0 Å². The first-order valence-electron chi connectivity index (χ1n) is 10.6. The SMILES string of the molecule is COC(=O)C[C@H]1C[C@H](Sc2ccccc2)O[C@@H]([C@H](C)CO[Si](C)(C)C(C)(C)C)C1. The van der Waals surface area contributed by atoms with Crippen molar-refractivity contribution in [3.63, 3.8) is 0 Å². The van der Waals surface area contributed by atoms with Gasteiger partial charge in [0.1, 0.15) is 5.44 Å². The monoisotopic (exact) mass is 438 g/mol. The van der Waals surface area contributed by atoms with Crippen LogP contribution < -0.4 is 0 Å². The summed E-state index contributed by atoms with van der Waals surface area (Å²) in [5, 5.41) is 0.194. The Labute approximate surface area is 182 Å². The van der Waals surface area contributed by atoms with E-state index in [0.717, 1.165) is 12.8 Å². The highest BCUT2D eigenvalue weighted by molar-refractivity contribution is 7.99. The molecule has 0 bridgehead atoms. The molecule has 1 heterocycles. The number of hydrogen-bond donors (Lipinski definition) is 0. The molecule has 0 aromatic heterocycles. The van der Waals surface area contributed by atoms with E-state index in [2.05, 4.69) is 52.9 Å². The zero-order valence-electron chi connectivity index (χ0n) is 19.1. The number of benzene rings is 1. The van der Waals surface area contributed by atoms with Gasteiger partial charge in [-0.1, -0.05) is 57.7 Å². The highest BCUT2D eigenvalue weighted by atomic mass is 32.2. The van der Waals surface area contributed by atoms with Gasteiger partial charge in [-0.3, -0.25) is 4.79 Å². The van der Waals surface area contributed by atoms with Gasteiger partial charge < -0.3 is 13.9 Å². The fraction of sp³-hybridized carbons (Fsp3) is 0.696. The lowest BCUT2D eigenvalue weighted by molar-refractivity contribution is -0.143. The second-order valence-corrected chi connectivity index (χ2v) is 15.7. The number of rotatable bonds is 8. The van der Waals surface area contributed by atoms with Gasteiger partial charge in [0.15, 0.2) is 8.32 Å². The third-order valence-electron chi connectivity index (χ3n) is 6.26. The lowest BCUT2D eigenvalue weighted by Crippen LogP contribution is -2.44. The molecule has 4 nitrogen and oxygen atoms in total. The minimum atomic E-state index is -1.79. The Kier molecular flexibility index (Phi) is 8.82. The van der Waals surface area contributed by atoms with Gasteiger partial charge in [-0.15, -0.1) is 0 Å². The molecular formula is C23H38O4SSi. The molecule has 0 N–H and O–H groups in total. The number of carbonyl (C=O) groups excluding carboxylic acids is 1. The molecule has 1 saturated heterocycles. The van der Waals surface area contributed by atoms with Crippen molar-refractivity contribution in [2.24, 2.45) is 11.8 Å². The molecule has 0 aliphatic carbocycles. The second-order valence-electron chi connectivity index (χ2n) is 9.70. The predicted molar refractivity (Wildman–Crippen MR) is 123 cm³/mol. The Morgan fingerprint density at radius 1 is 1.24 bits per heavy atom. The summed E-state index contributed by atoms with van der Waals surface area (Å²) in [5.41, 5.74) is 0.0427. The van der Waals surface area contributed by atoms with Gasteiger partial charge in [-0.2, -0.15) is 0 Å². The van der Waals surface area contributed by atoms with Crippen molar-refractivity contribution in [1.29, 1.82) is 0 Å². The van der Waals surface area contributed by atoms with Gasteiger partial charge in [-0.25, -0.2) is 0 Å². The summed E-state index contributed by atoms with van der Waals surface area (Å²) in [4.78, 5) is 13.1. The number of carbonyl (C=O) groups is 1. The zero-order valence-corrected chi connectivity index (χ0v) is 20.9. The Hall–Kier alpha value is -0.823. The summed E-state index contributed by atoms with van der Waals surface area (Å²) >= 11 is 1.75. The molecule has 0 saturated carbocycles. The standard InChI is InChI=1S/C23H38O4SSi/c1-17(16-26-29(6,7)23(2,3)4)20-13-18(14-21(24)25-5)15-22(27-20)28-19-11-9-8-10-12-19/h8-12,17-18,20,22H,13-16H2,1-7H3/t17-,18+,20-,22+/m1/s1. The summed E-state index contributed by atoms with van der Waals surface area (Å²) in [6.45, 7) is 14.3. The molecule has 1 aromatic carbocycles. The summed E-state index contributed by atoms with van der Waals surface area (Å²) in [6, 6.07) is 10.3. The van der Waals surface area contributed by atoms with Crippen LogP contribution in [-0.4, -0.2) is 39.5 Å². The normalized spacial score (nSPS) is 24.2. The van der Waals surface area contributed by atoms with Crippen molar-refractivity contribution in [3.05, 3.63) is 30.3 Å². The van der Waals surface area contributed by atoms with Crippen molar-refractivity contribution < 1.29 is 18.7 Å². The average Bonchev–Trinajstić information content (AvgIpc) is 2.65. The molecule has 1 aromatic rings. The number of hydrogen-bond acceptors (Lipinski definition) is 5. The van der Waals surface area contributed by atoms with Gasteiger partial charge in [0.2, 0.25) is 0 Å². The van der Waals surface area contributed by atoms with Gasteiger partial charge in [0.05, 0.1) is 13.2 Å². The van der Waals surface area contributed by atoms with Crippen LogP contribution in [0.3, 0.4) is 0 Å². The minimum Gasteiger partial charge on any atom is -0.469 e. The molecular weight excluding hydrogens is 400 g/mol. The van der Waals surface area contributed by atoms with Gasteiger partial charge in [0, 0.05) is 23.8 Å². The van der Waals surface area contributed by atoms with Crippen molar-refractivity contribution in [3.8, 4) is 0 Å². The molecule has 0 spiro atoms. The summed E-state index contributed by atoms with van der Waals surface area (Å²) in [6.07, 6.45) is 2.28. The molecule has 0 radical (unpaired) electrons. The van der Waals surface area contributed by atoms with E-state index in [0.29, 0.717) is 13.0 Å². The highest BCUT2D eigenvalue weighted by Crippen LogP contribution is 2.40. The van der Waals surface area contributed by atoms with E-state index in [4.69, 9.17) is 13.9 Å². The van der Waals surface area contributed by atoms with Crippen LogP contribution in [0, 0.1) is 11.8 Å². The quantitative estimate of drug-likeness (QED) is 0.361. The van der Waals surface area contributed by atoms with Crippen LogP contribution >= 0.6 is 11.8 Å². The first kappa shape index (κ1) is 24.4. The van der Waals surface area contributed by atoms with Crippen LogP contribution in [-0.2, 0) is 18.7 Å². The predicted octanol–water partition coefficient (Wildman–Crippen LogP) is 6.12. The van der Waals surface area contributed by atoms with E-state index < -0.39 is 8.32 Å². The van der Waals surface area contributed by atoms with E-state index in [9.17, 15) is 4.79 Å². The molecule has 1 fully saturated rings. The maximum Gasteiger partial charge on any atom is 0.305 e. The lowest BCUT2D eigenvalue weighted by atomic mass is 9.87. The fourth-order valence-electron chi connectivity index (χ4n) is 3.25. The zero-order chi connectivity index (χ0) is 21.7. The smallest absolute Gasteiger partial charge is 0.305 e. The van der Waals surface area contributed by atoms with Crippen LogP contribution in [0.1, 0.15) is 47.0 Å². The minimum absolute atomic E-state index is 0.0427. The Bertz CT molecular complexity index is 644. The molecule has 1 aliphatic heterocycles. The molecule has 164 valence electrons. The van der Waals surface area contributed by atoms with Crippen LogP contribution in [0.25, 0.3) is 0 Å². The van der Waals surface area contributed by atoms with Crippen molar-refractivity contribution >= 4 is 26.0 Å². The Balaban J connectivity index is 2.04. The Morgan fingerprint density at radius 2 is 1.90 bits per heavy atom. The molecule has 6 heteroatoms. The van der Waals surface area contributed by atoms with Crippen LogP contribution in [0.2, 0.25) is 18.1 Å². The lowest BCUT2D eigenvalue weighted by Gasteiger charge is -2.40. The van der Waals surface area contributed by atoms with Crippen molar-refractivity contribution in [2.45, 2.75) is 81.5 Å². The number of thioether (sulfide) groups is 1. The van der Waals surface area contributed by atoms with Crippen LogP contribution in [0.4, 0.5) is 0 Å². The third kappa shape index (κ3) is 7.42. The van der Waals surface area contributed by atoms with Crippen LogP contribution in [0.5, 0.6) is 0 Å². The van der Waals surface area contributed by atoms with E-state index >= 15 is 0 Å². The third-order valence-corrected chi connectivity index (χ3v) is 11.9. The van der Waals surface area contributed by atoms with E-state index in [1.165, 1.54) is 12.0 Å². The van der Waals surface area contributed by atoms with E-state index in [-0.39, 0.29) is 34.4 Å². The highest BCUT2D eigenvalue weighted by Gasteiger charge is 2.39. The average molecular weight is 439 g/mol. The fourth-order valence-corrected chi connectivity index (χ4v) is 5.54. The molecule has 0 unspecified atom stereocenters. The number of methoxy groups -OCH3 is 1. The van der Waals surface area contributed by atoms with E-state index in [1.54, 1.807) is 11.8 Å². The number of esters is 1. The summed E-state index contributed by atoms with van der Waals surface area (Å²) in [5.74, 6) is 0.422. The Morgan fingerprint density at radius 3 is 2.48 bits per heavy atom. The molecule has 2 rings (SSSR count). The van der Waals surface area contributed by atoms with E-state index in [1.807, 2.05) is 18.2 Å². The first-order chi connectivity index (χ1) is 13.5. The molecule has 1 aliphatic rings. The second kappa shape index (κ2) is 10.5. The largest absolute Gasteiger partial charge is 0.469 e. The number of ether oxygens (including phenoxy) is 2. The van der Waals surface area contributed by atoms with Gasteiger partial charge in [0.25, 0.3) is 0 Å². The van der Waals surface area contributed by atoms with Crippen molar-refractivity contribution in [2.75, 3.05) is 13.7 Å². The first-order valence-corrected chi connectivity index (χ1v) is 14.4. The maximum absolute atomic E-state index is 11.9. The molecule has 29 heavy (non-hydrogen) atoms. The molecule has 4 atom stereocenters. The maximum atomic E-state index is 11.9. The topological polar surface area (TPSA) is 44.8 Å². The van der Waals surface area contributed by atoms with Crippen molar-refractivity contribution in [1.82, 2.24) is 0 Å². The van der Waals surface area contributed by atoms with Crippen LogP contribution in [0.15, 0.2) is 35.2 Å². The summed E-state index contributed by atoms with van der Waals surface area (Å²) in [7, 11) is -0.330. The summed E-state index contributed by atoms with van der Waals surface area (Å²) < 4.78 is 17.9. The molecule has 0 amide bonds.